The average molecular weight is 429 g/mol. The number of para-hydroxylation sites is 1. The molecule has 1 aliphatic rings. The minimum Gasteiger partial charge on any atom is -0.487 e. The van der Waals surface area contributed by atoms with E-state index in [4.69, 9.17) is 4.74 Å². The number of rotatable bonds is 5. The van der Waals surface area contributed by atoms with E-state index >= 15 is 0 Å². The van der Waals surface area contributed by atoms with E-state index < -0.39 is 11.7 Å². The number of nitrogens with one attached hydrogen (secondary N) is 1. The van der Waals surface area contributed by atoms with Gasteiger partial charge in [-0.05, 0) is 37.1 Å². The summed E-state index contributed by atoms with van der Waals surface area (Å²) in [5.74, 6) is 0.241. The number of aromatic nitrogens is 2. The van der Waals surface area contributed by atoms with Crippen molar-refractivity contribution in [2.45, 2.75) is 39.1 Å². The molecule has 1 aliphatic heterocycles. The van der Waals surface area contributed by atoms with Gasteiger partial charge in [-0.25, -0.2) is 0 Å². The quantitative estimate of drug-likeness (QED) is 0.658. The highest BCUT2D eigenvalue weighted by molar-refractivity contribution is 5.77. The first kappa shape index (κ1) is 21.0. The van der Waals surface area contributed by atoms with Crippen molar-refractivity contribution >= 4 is 5.91 Å². The number of halogens is 3. The standard InChI is InChI=1S/C23H22F3N3O2/c1-14-10-15(2)29(28-14)13-21(30)27-12-17-11-16-6-5-8-19(22(16)31-17)18-7-3-4-9-20(18)23(24,25)26/h3-10,17H,11-13H2,1-2H3,(H,27,30). The molecule has 1 N–H and O–H groups in total. The Morgan fingerprint density at radius 3 is 2.61 bits per heavy atom. The Labute approximate surface area is 177 Å². The molecule has 1 amide bonds. The third-order valence-electron chi connectivity index (χ3n) is 5.27. The number of hydrogen-bond acceptors (Lipinski definition) is 3. The van der Waals surface area contributed by atoms with Gasteiger partial charge in [0.05, 0.1) is 17.8 Å². The fraction of sp³-hybridized carbons (Fsp3) is 0.304. The number of nitrogens with zero attached hydrogens (tertiary/aromatic N) is 2. The normalized spacial score (nSPS) is 15.5. The highest BCUT2D eigenvalue weighted by atomic mass is 19.4. The van der Waals surface area contributed by atoms with E-state index in [1.54, 1.807) is 22.9 Å². The fourth-order valence-electron chi connectivity index (χ4n) is 3.88. The second-order valence-electron chi connectivity index (χ2n) is 7.67. The highest BCUT2D eigenvalue weighted by Gasteiger charge is 2.35. The molecule has 4 rings (SSSR count). The third-order valence-corrected chi connectivity index (χ3v) is 5.27. The van der Waals surface area contributed by atoms with Crippen LogP contribution in [0.2, 0.25) is 0 Å². The van der Waals surface area contributed by atoms with Crippen LogP contribution in [-0.4, -0.2) is 28.3 Å². The van der Waals surface area contributed by atoms with Crippen LogP contribution in [-0.2, 0) is 23.9 Å². The van der Waals surface area contributed by atoms with E-state index in [0.717, 1.165) is 23.0 Å². The van der Waals surface area contributed by atoms with Crippen LogP contribution in [0.5, 0.6) is 5.75 Å². The van der Waals surface area contributed by atoms with Crippen LogP contribution in [0.15, 0.2) is 48.5 Å². The van der Waals surface area contributed by atoms with Crippen molar-refractivity contribution in [3.63, 3.8) is 0 Å². The molecule has 0 spiro atoms. The lowest BCUT2D eigenvalue weighted by Crippen LogP contribution is -2.36. The molecule has 0 saturated carbocycles. The van der Waals surface area contributed by atoms with Gasteiger partial charge < -0.3 is 10.1 Å². The summed E-state index contributed by atoms with van der Waals surface area (Å²) in [6, 6.07) is 12.6. The summed E-state index contributed by atoms with van der Waals surface area (Å²) < 4.78 is 48.1. The van der Waals surface area contributed by atoms with Crippen LogP contribution in [0, 0.1) is 13.8 Å². The maximum absolute atomic E-state index is 13.5. The number of aryl methyl sites for hydroxylation is 2. The molecule has 1 unspecified atom stereocenters. The summed E-state index contributed by atoms with van der Waals surface area (Å²) in [7, 11) is 0. The summed E-state index contributed by atoms with van der Waals surface area (Å²) >= 11 is 0. The van der Waals surface area contributed by atoms with Crippen molar-refractivity contribution < 1.29 is 22.7 Å². The molecule has 0 fully saturated rings. The van der Waals surface area contributed by atoms with Gasteiger partial charge in [-0.2, -0.15) is 18.3 Å². The van der Waals surface area contributed by atoms with Crippen LogP contribution in [0.3, 0.4) is 0 Å². The van der Waals surface area contributed by atoms with Crippen molar-refractivity contribution in [1.82, 2.24) is 15.1 Å². The first-order valence-corrected chi connectivity index (χ1v) is 9.95. The monoisotopic (exact) mass is 429 g/mol. The van der Waals surface area contributed by atoms with E-state index in [1.165, 1.54) is 12.1 Å². The minimum atomic E-state index is -4.46. The first-order chi connectivity index (χ1) is 14.7. The Bertz CT molecular complexity index is 1120. The van der Waals surface area contributed by atoms with E-state index in [1.807, 2.05) is 26.0 Å². The van der Waals surface area contributed by atoms with Gasteiger partial charge in [-0.3, -0.25) is 9.48 Å². The topological polar surface area (TPSA) is 56.2 Å². The number of ether oxygens (including phenoxy) is 1. The van der Waals surface area contributed by atoms with Crippen molar-refractivity contribution in [1.29, 1.82) is 0 Å². The lowest BCUT2D eigenvalue weighted by molar-refractivity contribution is -0.137. The molecule has 31 heavy (non-hydrogen) atoms. The van der Waals surface area contributed by atoms with E-state index in [2.05, 4.69) is 10.4 Å². The van der Waals surface area contributed by atoms with Gasteiger partial charge in [0.25, 0.3) is 0 Å². The van der Waals surface area contributed by atoms with Gasteiger partial charge in [0.1, 0.15) is 18.4 Å². The molecular formula is C23H22F3N3O2. The Balaban J connectivity index is 1.47. The molecule has 0 bridgehead atoms. The van der Waals surface area contributed by atoms with Crippen molar-refractivity contribution in [2.75, 3.05) is 6.54 Å². The summed E-state index contributed by atoms with van der Waals surface area (Å²) in [5.41, 5.74) is 2.35. The average Bonchev–Trinajstić information content (AvgIpc) is 3.27. The summed E-state index contributed by atoms with van der Waals surface area (Å²) in [5, 5.41) is 7.10. The van der Waals surface area contributed by atoms with Crippen molar-refractivity contribution in [3.8, 4) is 16.9 Å². The highest BCUT2D eigenvalue weighted by Crippen LogP contribution is 2.43. The fourth-order valence-corrected chi connectivity index (χ4v) is 3.88. The Kier molecular flexibility index (Phi) is 5.47. The Morgan fingerprint density at radius 2 is 1.90 bits per heavy atom. The van der Waals surface area contributed by atoms with Crippen LogP contribution in [0.25, 0.3) is 11.1 Å². The Hall–Kier alpha value is -3.29. The molecule has 1 atom stereocenters. The maximum Gasteiger partial charge on any atom is 0.417 e. The number of amides is 1. The molecule has 162 valence electrons. The maximum atomic E-state index is 13.5. The number of hydrogen-bond donors (Lipinski definition) is 1. The van der Waals surface area contributed by atoms with Crippen LogP contribution in [0.1, 0.15) is 22.5 Å². The second-order valence-corrected chi connectivity index (χ2v) is 7.67. The van der Waals surface area contributed by atoms with Crippen molar-refractivity contribution in [2.24, 2.45) is 0 Å². The van der Waals surface area contributed by atoms with E-state index in [9.17, 15) is 18.0 Å². The SMILES string of the molecule is Cc1cc(C)n(CC(=O)NCC2Cc3cccc(-c4ccccc4C(F)(F)F)c3O2)n1. The summed E-state index contributed by atoms with van der Waals surface area (Å²) in [4.78, 5) is 12.3. The predicted octanol–water partition coefficient (Wildman–Crippen LogP) is 4.31. The number of alkyl halides is 3. The first-order valence-electron chi connectivity index (χ1n) is 9.95. The zero-order valence-corrected chi connectivity index (χ0v) is 17.2. The molecule has 5 nitrogen and oxygen atoms in total. The number of fused-ring (bicyclic) bond motifs is 1. The molecule has 2 heterocycles. The summed E-state index contributed by atoms with van der Waals surface area (Å²) in [6.07, 6.45) is -4.30. The molecule has 1 aromatic heterocycles. The molecule has 8 heteroatoms. The summed E-state index contributed by atoms with van der Waals surface area (Å²) in [6.45, 7) is 4.10. The van der Waals surface area contributed by atoms with Crippen LogP contribution < -0.4 is 10.1 Å². The second kappa shape index (κ2) is 8.09. The zero-order valence-electron chi connectivity index (χ0n) is 17.2. The van der Waals surface area contributed by atoms with Gasteiger partial charge in [0, 0.05) is 17.7 Å². The Morgan fingerprint density at radius 1 is 1.16 bits per heavy atom. The molecule has 2 aromatic carbocycles. The molecular weight excluding hydrogens is 407 g/mol. The van der Waals surface area contributed by atoms with Gasteiger partial charge >= 0.3 is 6.18 Å². The largest absolute Gasteiger partial charge is 0.487 e. The zero-order chi connectivity index (χ0) is 22.2. The lowest BCUT2D eigenvalue weighted by atomic mass is 9.96. The van der Waals surface area contributed by atoms with Gasteiger partial charge in [-0.1, -0.05) is 36.4 Å². The van der Waals surface area contributed by atoms with Gasteiger partial charge in [-0.15, -0.1) is 0 Å². The molecule has 3 aromatic rings. The smallest absolute Gasteiger partial charge is 0.417 e. The number of carbonyl (C=O) groups is 1. The van der Waals surface area contributed by atoms with Crippen molar-refractivity contribution in [3.05, 3.63) is 71.0 Å². The van der Waals surface area contributed by atoms with E-state index in [0.29, 0.717) is 17.7 Å². The lowest BCUT2D eigenvalue weighted by Gasteiger charge is -2.16. The van der Waals surface area contributed by atoms with Crippen LogP contribution in [0.4, 0.5) is 13.2 Å². The number of carbonyl (C=O) groups excluding carboxylic acids is 1. The number of benzene rings is 2. The predicted molar refractivity (Wildman–Crippen MR) is 110 cm³/mol. The molecule has 0 saturated heterocycles. The van der Waals surface area contributed by atoms with E-state index in [-0.39, 0.29) is 30.7 Å². The van der Waals surface area contributed by atoms with Crippen LogP contribution >= 0.6 is 0 Å². The van der Waals surface area contributed by atoms with Gasteiger partial charge in [0.2, 0.25) is 5.91 Å². The minimum absolute atomic E-state index is 0.0843. The third kappa shape index (κ3) is 4.42. The molecule has 0 radical (unpaired) electrons. The molecule has 0 aliphatic carbocycles. The van der Waals surface area contributed by atoms with Gasteiger partial charge in [0.15, 0.2) is 0 Å².